The van der Waals surface area contributed by atoms with E-state index in [9.17, 15) is 22.4 Å². The van der Waals surface area contributed by atoms with Crippen molar-refractivity contribution in [3.8, 4) is 5.75 Å². The van der Waals surface area contributed by atoms with E-state index in [2.05, 4.69) is 15.4 Å². The van der Waals surface area contributed by atoms with E-state index in [4.69, 9.17) is 4.74 Å². The van der Waals surface area contributed by atoms with E-state index < -0.39 is 47.9 Å². The standard InChI is InChI=1S/C22H24F4N2O3/c1-13(30-12-15-7-8-15)27-21(28-18(29)11-14-5-3-2-4-6-14)19-17(31-22(25)26)10-9-16(23)20(19)24/h2-6,9-10,13,15,21-22,27H,7-8,11-12H2,1H3,(H,28,29). The second kappa shape index (κ2) is 10.6. The van der Waals surface area contributed by atoms with Crippen molar-refractivity contribution in [3.05, 3.63) is 65.2 Å². The highest BCUT2D eigenvalue weighted by Crippen LogP contribution is 2.31. The first-order chi connectivity index (χ1) is 14.8. The molecular formula is C22H24F4N2O3. The van der Waals surface area contributed by atoms with Gasteiger partial charge in [-0.1, -0.05) is 30.3 Å². The zero-order valence-electron chi connectivity index (χ0n) is 16.9. The molecule has 168 valence electrons. The van der Waals surface area contributed by atoms with Gasteiger partial charge >= 0.3 is 6.61 Å². The number of benzene rings is 2. The number of nitrogens with one attached hydrogen (secondary N) is 2. The van der Waals surface area contributed by atoms with Crippen LogP contribution >= 0.6 is 0 Å². The van der Waals surface area contributed by atoms with Crippen molar-refractivity contribution in [3.63, 3.8) is 0 Å². The van der Waals surface area contributed by atoms with Gasteiger partial charge in [-0.05, 0) is 43.4 Å². The number of rotatable bonds is 11. The minimum absolute atomic E-state index is 0.0433. The highest BCUT2D eigenvalue weighted by Gasteiger charge is 2.29. The van der Waals surface area contributed by atoms with Crippen molar-refractivity contribution in [2.75, 3.05) is 6.61 Å². The van der Waals surface area contributed by atoms with Gasteiger partial charge in [0.1, 0.15) is 18.1 Å². The molecule has 9 heteroatoms. The van der Waals surface area contributed by atoms with Crippen LogP contribution in [0.2, 0.25) is 0 Å². The van der Waals surface area contributed by atoms with Crippen molar-refractivity contribution >= 4 is 5.91 Å². The minimum Gasteiger partial charge on any atom is -0.434 e. The van der Waals surface area contributed by atoms with Gasteiger partial charge in [0.15, 0.2) is 11.6 Å². The molecule has 0 spiro atoms. The van der Waals surface area contributed by atoms with E-state index in [1.165, 1.54) is 0 Å². The van der Waals surface area contributed by atoms with Gasteiger partial charge in [-0.3, -0.25) is 10.1 Å². The number of hydrogen-bond donors (Lipinski definition) is 2. The molecule has 0 aromatic heterocycles. The van der Waals surface area contributed by atoms with E-state index in [0.29, 0.717) is 24.2 Å². The lowest BCUT2D eigenvalue weighted by atomic mass is 10.1. The fraction of sp³-hybridized carbons (Fsp3) is 0.409. The van der Waals surface area contributed by atoms with Crippen LogP contribution in [0.3, 0.4) is 0 Å². The van der Waals surface area contributed by atoms with Crippen molar-refractivity contribution in [2.24, 2.45) is 5.92 Å². The fourth-order valence-electron chi connectivity index (χ4n) is 3.05. The average molecular weight is 440 g/mol. The lowest BCUT2D eigenvalue weighted by Gasteiger charge is -2.27. The minimum atomic E-state index is -3.26. The molecule has 31 heavy (non-hydrogen) atoms. The van der Waals surface area contributed by atoms with Crippen LogP contribution in [0.1, 0.15) is 37.1 Å². The van der Waals surface area contributed by atoms with Crippen LogP contribution in [0.5, 0.6) is 5.75 Å². The van der Waals surface area contributed by atoms with Gasteiger partial charge in [0.2, 0.25) is 5.91 Å². The number of alkyl halides is 2. The third kappa shape index (κ3) is 6.93. The first kappa shape index (κ1) is 23.0. The molecule has 0 radical (unpaired) electrons. The van der Waals surface area contributed by atoms with Gasteiger partial charge in [0, 0.05) is 0 Å². The number of amides is 1. The molecule has 2 unspecified atom stereocenters. The number of hydrogen-bond acceptors (Lipinski definition) is 4. The highest BCUT2D eigenvalue weighted by molar-refractivity contribution is 5.79. The van der Waals surface area contributed by atoms with E-state index >= 15 is 0 Å². The normalized spacial score (nSPS) is 15.5. The van der Waals surface area contributed by atoms with E-state index in [0.717, 1.165) is 18.9 Å². The molecule has 2 atom stereocenters. The van der Waals surface area contributed by atoms with Crippen molar-refractivity contribution < 1.29 is 31.8 Å². The number of carbonyl (C=O) groups excluding carboxylic acids is 1. The summed E-state index contributed by atoms with van der Waals surface area (Å²) in [4.78, 5) is 12.6. The average Bonchev–Trinajstić information content (AvgIpc) is 3.54. The molecular weight excluding hydrogens is 416 g/mol. The number of halogens is 4. The summed E-state index contributed by atoms with van der Waals surface area (Å²) in [5.74, 6) is -3.32. The van der Waals surface area contributed by atoms with E-state index in [-0.39, 0.29) is 6.42 Å². The van der Waals surface area contributed by atoms with Crippen molar-refractivity contribution in [1.29, 1.82) is 0 Å². The van der Waals surface area contributed by atoms with Crippen molar-refractivity contribution in [2.45, 2.75) is 45.2 Å². The summed E-state index contributed by atoms with van der Waals surface area (Å²) in [6.07, 6.45) is 0.0155. The highest BCUT2D eigenvalue weighted by atomic mass is 19.3. The first-order valence-corrected chi connectivity index (χ1v) is 9.97. The smallest absolute Gasteiger partial charge is 0.387 e. The molecule has 2 aromatic carbocycles. The molecule has 3 rings (SSSR count). The third-order valence-electron chi connectivity index (χ3n) is 4.79. The maximum atomic E-state index is 14.7. The number of carbonyl (C=O) groups is 1. The summed E-state index contributed by atoms with van der Waals surface area (Å²) in [5.41, 5.74) is 0.129. The summed E-state index contributed by atoms with van der Waals surface area (Å²) < 4.78 is 64.4. The molecule has 1 aliphatic rings. The molecule has 2 N–H and O–H groups in total. The molecule has 2 aromatic rings. The quantitative estimate of drug-likeness (QED) is 0.404. The molecule has 0 aliphatic heterocycles. The SMILES string of the molecule is CC(NC(NC(=O)Cc1ccccc1)c1c(OC(F)F)ccc(F)c1F)OCC1CC1. The van der Waals surface area contributed by atoms with Crippen LogP contribution in [0, 0.1) is 17.6 Å². The van der Waals surface area contributed by atoms with Crippen LogP contribution in [0.25, 0.3) is 0 Å². The second-order valence-electron chi connectivity index (χ2n) is 7.40. The van der Waals surface area contributed by atoms with Crippen LogP contribution < -0.4 is 15.4 Å². The lowest BCUT2D eigenvalue weighted by Crippen LogP contribution is -2.44. The molecule has 0 saturated heterocycles. The van der Waals surface area contributed by atoms with Crippen LogP contribution in [0.15, 0.2) is 42.5 Å². The third-order valence-corrected chi connectivity index (χ3v) is 4.79. The maximum Gasteiger partial charge on any atom is 0.387 e. The summed E-state index contributed by atoms with van der Waals surface area (Å²) >= 11 is 0. The van der Waals surface area contributed by atoms with Gasteiger partial charge in [-0.15, -0.1) is 0 Å². The Morgan fingerprint density at radius 3 is 2.48 bits per heavy atom. The van der Waals surface area contributed by atoms with Gasteiger partial charge in [0.25, 0.3) is 0 Å². The Bertz CT molecular complexity index is 879. The Morgan fingerprint density at radius 2 is 1.84 bits per heavy atom. The molecule has 5 nitrogen and oxygen atoms in total. The zero-order chi connectivity index (χ0) is 22.4. The Balaban J connectivity index is 1.83. The topological polar surface area (TPSA) is 59.6 Å². The van der Waals surface area contributed by atoms with Gasteiger partial charge in [0.05, 0.1) is 18.6 Å². The second-order valence-corrected chi connectivity index (χ2v) is 7.40. The van der Waals surface area contributed by atoms with Crippen LogP contribution in [-0.4, -0.2) is 25.4 Å². The predicted octanol–water partition coefficient (Wildman–Crippen LogP) is 4.29. The first-order valence-electron chi connectivity index (χ1n) is 9.97. The zero-order valence-corrected chi connectivity index (χ0v) is 16.9. The number of ether oxygens (including phenoxy) is 2. The largest absolute Gasteiger partial charge is 0.434 e. The Labute approximate surface area is 177 Å². The van der Waals surface area contributed by atoms with Crippen LogP contribution in [-0.2, 0) is 16.0 Å². The Hall–Kier alpha value is -2.65. The molecule has 1 amide bonds. The monoisotopic (exact) mass is 440 g/mol. The molecule has 1 fully saturated rings. The van der Waals surface area contributed by atoms with Gasteiger partial charge in [-0.25, -0.2) is 8.78 Å². The Morgan fingerprint density at radius 1 is 1.13 bits per heavy atom. The summed E-state index contributed by atoms with van der Waals surface area (Å²) in [7, 11) is 0. The Kier molecular flexibility index (Phi) is 7.86. The molecule has 0 heterocycles. The molecule has 0 bridgehead atoms. The van der Waals surface area contributed by atoms with Crippen molar-refractivity contribution in [1.82, 2.24) is 10.6 Å². The van der Waals surface area contributed by atoms with Gasteiger partial charge in [-0.2, -0.15) is 8.78 Å². The lowest BCUT2D eigenvalue weighted by molar-refractivity contribution is -0.121. The van der Waals surface area contributed by atoms with Crippen LogP contribution in [0.4, 0.5) is 17.6 Å². The van der Waals surface area contributed by atoms with E-state index in [1.54, 1.807) is 37.3 Å². The summed E-state index contributed by atoms with van der Waals surface area (Å²) in [6, 6.07) is 10.4. The van der Waals surface area contributed by atoms with E-state index in [1.807, 2.05) is 0 Å². The van der Waals surface area contributed by atoms with Gasteiger partial charge < -0.3 is 14.8 Å². The summed E-state index contributed by atoms with van der Waals surface area (Å²) in [5, 5.41) is 5.37. The summed E-state index contributed by atoms with van der Waals surface area (Å²) in [6.45, 7) is -1.16. The molecule has 1 saturated carbocycles. The predicted molar refractivity (Wildman–Crippen MR) is 105 cm³/mol. The maximum absolute atomic E-state index is 14.7. The fourth-order valence-corrected chi connectivity index (χ4v) is 3.05. The molecule has 1 aliphatic carbocycles.